The van der Waals surface area contributed by atoms with Crippen molar-refractivity contribution in [2.45, 2.75) is 57.2 Å². The van der Waals surface area contributed by atoms with Gasteiger partial charge < -0.3 is 14.4 Å². The van der Waals surface area contributed by atoms with Crippen molar-refractivity contribution in [3.05, 3.63) is 28.5 Å². The van der Waals surface area contributed by atoms with Crippen LogP contribution in [-0.2, 0) is 14.9 Å². The van der Waals surface area contributed by atoms with Crippen molar-refractivity contribution >= 4 is 27.7 Å². The molecule has 0 aromatic heterocycles. The first-order valence-corrected chi connectivity index (χ1v) is 13.8. The normalized spacial score (nSPS) is 23.4. The van der Waals surface area contributed by atoms with Gasteiger partial charge in [0.1, 0.15) is 11.6 Å². The minimum Gasteiger partial charge on any atom is -0.492 e. The van der Waals surface area contributed by atoms with E-state index in [-0.39, 0.29) is 36.1 Å². The number of likely N-dealkylation sites (N-methyl/N-ethyl adjacent to an activating group) is 1. The number of ether oxygens (including phenoxy) is 2. The smallest absolute Gasteiger partial charge is 0.304 e. The summed E-state index contributed by atoms with van der Waals surface area (Å²) in [5.41, 5.74) is -0.439. The van der Waals surface area contributed by atoms with Crippen LogP contribution in [0.15, 0.2) is 12.1 Å². The van der Waals surface area contributed by atoms with Gasteiger partial charge in [-0.15, -0.1) is 0 Å². The van der Waals surface area contributed by atoms with Crippen molar-refractivity contribution in [1.29, 1.82) is 0 Å². The van der Waals surface area contributed by atoms with Crippen molar-refractivity contribution in [3.63, 3.8) is 0 Å². The van der Waals surface area contributed by atoms with E-state index in [0.717, 1.165) is 57.3 Å². The Labute approximate surface area is 205 Å². The van der Waals surface area contributed by atoms with Gasteiger partial charge in [-0.2, -0.15) is 12.7 Å². The number of hydrogen-bond donors (Lipinski definition) is 1. The molecule has 3 fully saturated rings. The van der Waals surface area contributed by atoms with Gasteiger partial charge in [0.05, 0.1) is 29.4 Å². The number of carbonyl (C=O) groups excluding carboxylic acids is 1. The molecule has 1 amide bonds. The molecule has 3 aliphatic rings. The van der Waals surface area contributed by atoms with Gasteiger partial charge in [0.15, 0.2) is 0 Å². The van der Waals surface area contributed by atoms with Crippen LogP contribution in [0.4, 0.5) is 4.39 Å². The molecule has 1 saturated carbocycles. The molecule has 2 heterocycles. The number of amides is 1. The van der Waals surface area contributed by atoms with Crippen LogP contribution in [0.5, 0.6) is 5.75 Å². The molecule has 1 aromatic rings. The third-order valence-corrected chi connectivity index (χ3v) is 8.69. The Kier molecular flexibility index (Phi) is 8.35. The summed E-state index contributed by atoms with van der Waals surface area (Å²) in [6.45, 7) is 2.78. The molecular formula is C23H33ClFN3O5S. The summed E-state index contributed by atoms with van der Waals surface area (Å²) in [5.74, 6) is -1.37. The SMILES string of the molecule is CN1CC[C@@H](OC2CCN(S(=O)(=O)NC(=O)c3cc(Cl)c(OCC4CCCC4)cc3F)CC2)C1. The lowest BCUT2D eigenvalue weighted by molar-refractivity contribution is -0.0278. The van der Waals surface area contributed by atoms with E-state index in [2.05, 4.69) is 4.90 Å². The van der Waals surface area contributed by atoms with E-state index in [1.54, 1.807) is 0 Å². The average molecular weight is 518 g/mol. The zero-order chi connectivity index (χ0) is 24.3. The van der Waals surface area contributed by atoms with Gasteiger partial charge >= 0.3 is 10.2 Å². The fourth-order valence-electron chi connectivity index (χ4n) is 4.92. The quantitative estimate of drug-likeness (QED) is 0.569. The zero-order valence-corrected chi connectivity index (χ0v) is 21.0. The number of hydrogen-bond acceptors (Lipinski definition) is 6. The van der Waals surface area contributed by atoms with E-state index in [0.29, 0.717) is 25.4 Å². The molecule has 0 radical (unpaired) electrons. The first kappa shape index (κ1) is 25.6. The lowest BCUT2D eigenvalue weighted by atomic mass is 10.1. The Balaban J connectivity index is 1.31. The van der Waals surface area contributed by atoms with Gasteiger partial charge in [0.2, 0.25) is 0 Å². The summed E-state index contributed by atoms with van der Waals surface area (Å²) in [4.78, 5) is 14.8. The summed E-state index contributed by atoms with van der Waals surface area (Å²) in [7, 11) is -2.07. The highest BCUT2D eigenvalue weighted by molar-refractivity contribution is 7.87. The lowest BCUT2D eigenvalue weighted by Gasteiger charge is -2.32. The molecule has 11 heteroatoms. The van der Waals surface area contributed by atoms with E-state index in [9.17, 15) is 17.6 Å². The van der Waals surface area contributed by atoms with Gasteiger partial charge in [-0.1, -0.05) is 24.4 Å². The molecule has 4 rings (SSSR count). The first-order chi connectivity index (χ1) is 16.2. The first-order valence-electron chi connectivity index (χ1n) is 12.0. The Bertz CT molecular complexity index is 981. The topological polar surface area (TPSA) is 88.2 Å². The van der Waals surface area contributed by atoms with Crippen molar-refractivity contribution in [1.82, 2.24) is 13.9 Å². The molecule has 0 bridgehead atoms. The molecule has 0 unspecified atom stereocenters. The molecule has 190 valence electrons. The van der Waals surface area contributed by atoms with E-state index >= 15 is 0 Å². The number of nitrogens with one attached hydrogen (secondary N) is 1. The molecule has 1 aliphatic carbocycles. The largest absolute Gasteiger partial charge is 0.492 e. The summed E-state index contributed by atoms with van der Waals surface area (Å²) < 4.78 is 55.1. The van der Waals surface area contributed by atoms with Crippen LogP contribution in [0.1, 0.15) is 55.3 Å². The molecular weight excluding hydrogens is 485 g/mol. The van der Waals surface area contributed by atoms with Crippen molar-refractivity contribution in [2.24, 2.45) is 5.92 Å². The zero-order valence-electron chi connectivity index (χ0n) is 19.5. The maximum Gasteiger partial charge on any atom is 0.304 e. The van der Waals surface area contributed by atoms with Crippen LogP contribution in [0.2, 0.25) is 5.02 Å². The predicted molar refractivity (Wildman–Crippen MR) is 127 cm³/mol. The highest BCUT2D eigenvalue weighted by Gasteiger charge is 2.32. The average Bonchev–Trinajstić information content (AvgIpc) is 3.45. The maximum absolute atomic E-state index is 14.6. The Morgan fingerprint density at radius 1 is 1.12 bits per heavy atom. The highest BCUT2D eigenvalue weighted by atomic mass is 35.5. The molecule has 1 atom stereocenters. The van der Waals surface area contributed by atoms with Crippen LogP contribution >= 0.6 is 11.6 Å². The number of nitrogens with zero attached hydrogens (tertiary/aromatic N) is 2. The monoisotopic (exact) mass is 517 g/mol. The number of piperidine rings is 1. The third-order valence-electron chi connectivity index (χ3n) is 6.91. The van der Waals surface area contributed by atoms with Gasteiger partial charge in [-0.3, -0.25) is 4.79 Å². The second-order valence-corrected chi connectivity index (χ2v) is 11.6. The fourth-order valence-corrected chi connectivity index (χ4v) is 6.30. The summed E-state index contributed by atoms with van der Waals surface area (Å²) in [5, 5.41) is 0.0671. The second kappa shape index (κ2) is 11.1. The van der Waals surface area contributed by atoms with Gasteiger partial charge in [-0.05, 0) is 51.1 Å². The number of likely N-dealkylation sites (tertiary alicyclic amines) is 1. The van der Waals surface area contributed by atoms with Crippen LogP contribution in [0.3, 0.4) is 0 Å². The number of benzene rings is 1. The third kappa shape index (κ3) is 6.40. The van der Waals surface area contributed by atoms with Crippen molar-refractivity contribution in [3.8, 4) is 5.75 Å². The van der Waals surface area contributed by atoms with E-state index in [1.807, 2.05) is 11.8 Å². The van der Waals surface area contributed by atoms with Gasteiger partial charge in [0, 0.05) is 32.2 Å². The number of carbonyl (C=O) groups is 1. The van der Waals surface area contributed by atoms with Crippen LogP contribution < -0.4 is 9.46 Å². The molecule has 8 nitrogen and oxygen atoms in total. The van der Waals surface area contributed by atoms with Crippen molar-refractivity contribution in [2.75, 3.05) is 39.8 Å². The Morgan fingerprint density at radius 2 is 1.79 bits per heavy atom. The molecule has 1 N–H and O–H groups in total. The van der Waals surface area contributed by atoms with E-state index < -0.39 is 27.5 Å². The summed E-state index contributed by atoms with van der Waals surface area (Å²) >= 11 is 6.20. The molecule has 2 aliphatic heterocycles. The van der Waals surface area contributed by atoms with E-state index in [4.69, 9.17) is 21.1 Å². The summed E-state index contributed by atoms with van der Waals surface area (Å²) in [6.07, 6.45) is 6.69. The highest BCUT2D eigenvalue weighted by Crippen LogP contribution is 2.31. The minimum atomic E-state index is -4.12. The van der Waals surface area contributed by atoms with Gasteiger partial charge in [0.25, 0.3) is 5.91 Å². The van der Waals surface area contributed by atoms with Gasteiger partial charge in [-0.25, -0.2) is 9.11 Å². The molecule has 1 aromatic carbocycles. The molecule has 34 heavy (non-hydrogen) atoms. The Morgan fingerprint density at radius 3 is 2.44 bits per heavy atom. The standard InChI is InChI=1S/C23H33ClFN3O5S/c1-27-9-6-18(14-27)33-17-7-10-28(11-8-17)34(30,31)26-23(29)19-12-20(24)22(13-21(19)25)32-15-16-4-2-3-5-16/h12-13,16-18H,2-11,14-15H2,1H3,(H,26,29)/t18-/m1/s1. The van der Waals surface area contributed by atoms with Crippen LogP contribution in [-0.4, -0.2) is 75.6 Å². The summed E-state index contributed by atoms with van der Waals surface area (Å²) in [6, 6.07) is 2.16. The maximum atomic E-state index is 14.6. The number of rotatable bonds is 8. The predicted octanol–water partition coefficient (Wildman–Crippen LogP) is 3.21. The van der Waals surface area contributed by atoms with E-state index in [1.165, 1.54) is 4.31 Å². The minimum absolute atomic E-state index is 0.00770. The Hall–Kier alpha value is -1.46. The fraction of sp³-hybridized carbons (Fsp3) is 0.696. The van der Waals surface area contributed by atoms with Crippen molar-refractivity contribution < 1.29 is 27.1 Å². The molecule has 2 saturated heterocycles. The van der Waals surface area contributed by atoms with Crippen LogP contribution in [0, 0.1) is 11.7 Å². The lowest BCUT2D eigenvalue weighted by Crippen LogP contribution is -2.48. The molecule has 0 spiro atoms. The second-order valence-electron chi connectivity index (χ2n) is 9.57. The van der Waals surface area contributed by atoms with Crippen LogP contribution in [0.25, 0.3) is 0 Å². The number of halogens is 2.